The summed E-state index contributed by atoms with van der Waals surface area (Å²) in [6.07, 6.45) is 3.69. The molecule has 4 nitrogen and oxygen atoms in total. The van der Waals surface area contributed by atoms with Gasteiger partial charge in [0.25, 0.3) is 0 Å². The van der Waals surface area contributed by atoms with Gasteiger partial charge in [0.05, 0.1) is 22.4 Å². The molecule has 3 heterocycles. The molecule has 0 unspecified atom stereocenters. The number of imidazole rings is 1. The van der Waals surface area contributed by atoms with Crippen LogP contribution in [0.3, 0.4) is 0 Å². The second-order valence-corrected chi connectivity index (χ2v) is 8.62. The smallest absolute Gasteiger partial charge is 0.138 e. The van der Waals surface area contributed by atoms with E-state index in [1.165, 1.54) is 21.5 Å². The molecule has 0 aliphatic heterocycles. The van der Waals surface area contributed by atoms with Crippen LogP contribution in [0.4, 0.5) is 0 Å². The quantitative estimate of drug-likeness (QED) is 0.282. The van der Waals surface area contributed by atoms with Gasteiger partial charge in [-0.3, -0.25) is 9.97 Å². The highest BCUT2D eigenvalue weighted by atomic mass is 14.9. The summed E-state index contributed by atoms with van der Waals surface area (Å²) < 4.78 is 0. The number of nitrogens with one attached hydrogen (secondary N) is 1. The maximum Gasteiger partial charge on any atom is 0.138 e. The Morgan fingerprint density at radius 3 is 1.83 bits per heavy atom. The Balaban J connectivity index is 1.28. The molecule has 0 saturated heterocycles. The minimum atomic E-state index is 0.868. The van der Waals surface area contributed by atoms with Crippen LogP contribution in [0, 0.1) is 0 Å². The number of hydrogen-bond donors (Lipinski definition) is 1. The van der Waals surface area contributed by atoms with Crippen molar-refractivity contribution < 1.29 is 0 Å². The fourth-order valence-corrected chi connectivity index (χ4v) is 4.81. The lowest BCUT2D eigenvalue weighted by molar-refractivity contribution is 1.25. The molecule has 0 spiro atoms. The van der Waals surface area contributed by atoms with Gasteiger partial charge in [0, 0.05) is 34.3 Å². The number of aromatic amines is 1. The third-order valence-corrected chi connectivity index (χ3v) is 6.56. The Morgan fingerprint density at radius 2 is 1.11 bits per heavy atom. The molecule has 0 radical (unpaired) electrons. The highest BCUT2D eigenvalue weighted by Gasteiger charge is 2.13. The van der Waals surface area contributed by atoms with Crippen molar-refractivity contribution in [3.05, 3.63) is 116 Å². The van der Waals surface area contributed by atoms with Gasteiger partial charge in [-0.15, -0.1) is 0 Å². The van der Waals surface area contributed by atoms with Gasteiger partial charge in [-0.2, -0.15) is 0 Å². The van der Waals surface area contributed by atoms with Gasteiger partial charge in [0.2, 0.25) is 0 Å². The first kappa shape index (κ1) is 19.6. The zero-order chi connectivity index (χ0) is 23.2. The van der Waals surface area contributed by atoms with Crippen molar-refractivity contribution in [1.82, 2.24) is 19.9 Å². The predicted molar refractivity (Wildman–Crippen MR) is 143 cm³/mol. The summed E-state index contributed by atoms with van der Waals surface area (Å²) in [4.78, 5) is 17.6. The Labute approximate surface area is 202 Å². The van der Waals surface area contributed by atoms with Crippen molar-refractivity contribution in [3.8, 4) is 33.9 Å². The molecule has 0 fully saturated rings. The van der Waals surface area contributed by atoms with E-state index in [2.05, 4.69) is 93.8 Å². The van der Waals surface area contributed by atoms with E-state index >= 15 is 0 Å². The lowest BCUT2D eigenvalue weighted by Crippen LogP contribution is -1.87. The van der Waals surface area contributed by atoms with Crippen LogP contribution in [0.15, 0.2) is 116 Å². The number of benzene rings is 4. The van der Waals surface area contributed by atoms with E-state index in [1.54, 1.807) is 6.20 Å². The second kappa shape index (κ2) is 7.89. The SMILES string of the molecule is c1ccc(-c2ccc(-c3ccc(-c4nc5c6ccccc6c6ccccc6c5[nH]4)cc3)cn2)nc1. The number of nitrogens with zero attached hydrogens (tertiary/aromatic N) is 3. The molecule has 3 aromatic heterocycles. The van der Waals surface area contributed by atoms with Gasteiger partial charge in [-0.1, -0.05) is 84.9 Å². The average molecular weight is 449 g/mol. The number of rotatable bonds is 3. The van der Waals surface area contributed by atoms with E-state index in [4.69, 9.17) is 4.98 Å². The molecule has 4 aromatic carbocycles. The Morgan fingerprint density at radius 1 is 0.486 bits per heavy atom. The van der Waals surface area contributed by atoms with Crippen molar-refractivity contribution in [2.75, 3.05) is 0 Å². The summed E-state index contributed by atoms with van der Waals surface area (Å²) in [5.74, 6) is 0.872. The summed E-state index contributed by atoms with van der Waals surface area (Å²) in [6, 6.07) is 35.4. The predicted octanol–water partition coefficient (Wildman–Crippen LogP) is 7.66. The lowest BCUT2D eigenvalue weighted by Gasteiger charge is -2.05. The normalized spacial score (nSPS) is 11.4. The number of fused-ring (bicyclic) bond motifs is 6. The van der Waals surface area contributed by atoms with E-state index < -0.39 is 0 Å². The molecule has 4 heteroatoms. The van der Waals surface area contributed by atoms with E-state index in [0.717, 1.165) is 44.9 Å². The number of pyridine rings is 2. The maximum absolute atomic E-state index is 5.03. The zero-order valence-corrected chi connectivity index (χ0v) is 18.8. The molecule has 0 bridgehead atoms. The third kappa shape index (κ3) is 3.27. The maximum atomic E-state index is 5.03. The van der Waals surface area contributed by atoms with E-state index in [1.807, 2.05) is 30.5 Å². The van der Waals surface area contributed by atoms with Gasteiger partial charge in [0.15, 0.2) is 0 Å². The summed E-state index contributed by atoms with van der Waals surface area (Å²) in [6.45, 7) is 0. The molecule has 0 aliphatic rings. The third-order valence-electron chi connectivity index (χ3n) is 6.56. The summed E-state index contributed by atoms with van der Waals surface area (Å²) >= 11 is 0. The van der Waals surface area contributed by atoms with Crippen LogP contribution in [-0.4, -0.2) is 19.9 Å². The van der Waals surface area contributed by atoms with Crippen LogP contribution in [0.5, 0.6) is 0 Å². The number of hydrogen-bond acceptors (Lipinski definition) is 3. The molecule has 0 aliphatic carbocycles. The van der Waals surface area contributed by atoms with E-state index in [9.17, 15) is 0 Å². The number of aromatic nitrogens is 4. The second-order valence-electron chi connectivity index (χ2n) is 8.62. The molecular weight excluding hydrogens is 428 g/mol. The average Bonchev–Trinajstić information content (AvgIpc) is 3.40. The van der Waals surface area contributed by atoms with Crippen LogP contribution < -0.4 is 0 Å². The fraction of sp³-hybridized carbons (Fsp3) is 0. The monoisotopic (exact) mass is 448 g/mol. The first-order valence-corrected chi connectivity index (χ1v) is 11.6. The van der Waals surface area contributed by atoms with Gasteiger partial charge in [0.1, 0.15) is 5.82 Å². The molecule has 0 atom stereocenters. The van der Waals surface area contributed by atoms with Gasteiger partial charge < -0.3 is 4.98 Å². The van der Waals surface area contributed by atoms with Crippen LogP contribution in [-0.2, 0) is 0 Å². The van der Waals surface area contributed by atoms with Crippen LogP contribution >= 0.6 is 0 Å². The molecule has 7 aromatic rings. The molecule has 0 saturated carbocycles. The van der Waals surface area contributed by atoms with Gasteiger partial charge in [-0.05, 0) is 34.5 Å². The largest absolute Gasteiger partial charge is 0.337 e. The highest BCUT2D eigenvalue weighted by Crippen LogP contribution is 2.35. The number of H-pyrrole nitrogens is 1. The van der Waals surface area contributed by atoms with Crippen LogP contribution in [0.1, 0.15) is 0 Å². The molecular formula is C31H20N4. The molecule has 1 N–H and O–H groups in total. The van der Waals surface area contributed by atoms with Crippen molar-refractivity contribution in [2.45, 2.75) is 0 Å². The minimum absolute atomic E-state index is 0.868. The lowest BCUT2D eigenvalue weighted by atomic mass is 10.0. The summed E-state index contributed by atoms with van der Waals surface area (Å²) in [5, 5.41) is 4.82. The zero-order valence-electron chi connectivity index (χ0n) is 18.8. The van der Waals surface area contributed by atoms with Crippen LogP contribution in [0.2, 0.25) is 0 Å². The van der Waals surface area contributed by atoms with E-state index in [0.29, 0.717) is 0 Å². The van der Waals surface area contributed by atoms with Gasteiger partial charge >= 0.3 is 0 Å². The van der Waals surface area contributed by atoms with E-state index in [-0.39, 0.29) is 0 Å². The topological polar surface area (TPSA) is 54.5 Å². The summed E-state index contributed by atoms with van der Waals surface area (Å²) in [5.41, 5.74) is 7.06. The first-order valence-electron chi connectivity index (χ1n) is 11.6. The Kier molecular flexibility index (Phi) is 4.42. The minimum Gasteiger partial charge on any atom is -0.337 e. The van der Waals surface area contributed by atoms with Gasteiger partial charge in [-0.25, -0.2) is 4.98 Å². The summed E-state index contributed by atoms with van der Waals surface area (Å²) in [7, 11) is 0. The van der Waals surface area contributed by atoms with Crippen molar-refractivity contribution >= 4 is 32.6 Å². The van der Waals surface area contributed by atoms with Crippen molar-refractivity contribution in [3.63, 3.8) is 0 Å². The standard InChI is InChI=1S/C31H20N4/c1-3-9-25-23(7-1)24-8-2-4-10-26(24)30-29(25)34-31(35-30)21-14-12-20(13-15-21)22-16-17-28(33-19-22)27-11-5-6-18-32-27/h1-19H,(H,34,35). The van der Waals surface area contributed by atoms with Crippen molar-refractivity contribution in [2.24, 2.45) is 0 Å². The highest BCUT2D eigenvalue weighted by molar-refractivity contribution is 6.23. The molecule has 164 valence electrons. The van der Waals surface area contributed by atoms with Crippen molar-refractivity contribution in [1.29, 1.82) is 0 Å². The Bertz CT molecular complexity index is 1740. The molecule has 7 rings (SSSR count). The fourth-order valence-electron chi connectivity index (χ4n) is 4.81. The Hall–Kier alpha value is -4.83. The van der Waals surface area contributed by atoms with Crippen LogP contribution in [0.25, 0.3) is 66.5 Å². The molecule has 0 amide bonds. The molecule has 35 heavy (non-hydrogen) atoms. The first-order chi connectivity index (χ1) is 17.3.